The first kappa shape index (κ1) is 55.5. The van der Waals surface area contributed by atoms with Gasteiger partial charge in [-0.05, 0) is 208 Å². The smallest absolute Gasteiger partial charge is 0.213 e. The molecule has 17 aromatic rings. The molecular weight excluding hydrogens is 1170 g/mol. The molecule has 11 aromatic carbocycles. The van der Waals surface area contributed by atoms with E-state index in [2.05, 4.69) is 270 Å². The molecule has 1 aliphatic rings. The summed E-state index contributed by atoms with van der Waals surface area (Å²) in [6, 6.07) is 82.9. The predicted octanol–water partition coefficient (Wildman–Crippen LogP) is 22.9. The van der Waals surface area contributed by atoms with Crippen molar-refractivity contribution < 1.29 is 32.4 Å². The van der Waals surface area contributed by atoms with Crippen LogP contribution in [0.4, 0.5) is 0 Å². The third kappa shape index (κ3) is 11.2. The first-order valence-corrected chi connectivity index (χ1v) is 33.4. The number of hydrogen-bond acceptors (Lipinski definition) is 3. The lowest BCUT2D eigenvalue weighted by Gasteiger charge is -2.34. The van der Waals surface area contributed by atoms with Crippen molar-refractivity contribution in [2.24, 2.45) is 26.6 Å². The Hall–Kier alpha value is -11.0. The Kier molecular flexibility index (Phi) is 13.9. The van der Waals surface area contributed by atoms with E-state index < -0.39 is 12.7 Å². The molecule has 0 unspecified atom stereocenters. The number of benzene rings is 11. The van der Waals surface area contributed by atoms with E-state index in [1.165, 1.54) is 72.1 Å². The highest BCUT2D eigenvalue weighted by Gasteiger charge is 2.28. The van der Waals surface area contributed by atoms with Crippen LogP contribution in [0.3, 0.4) is 0 Å². The Morgan fingerprint density at radius 3 is 1.16 bits per heavy atom. The Morgan fingerprint density at radius 2 is 0.740 bits per heavy atom. The lowest BCUT2D eigenvalue weighted by atomic mass is 9.71. The van der Waals surface area contributed by atoms with Gasteiger partial charge in [-0.1, -0.05) is 171 Å². The highest BCUT2D eigenvalue weighted by molar-refractivity contribution is 6.13. The minimum Gasteiger partial charge on any atom is -0.450 e. The molecule has 18 rings (SSSR count). The van der Waals surface area contributed by atoms with Crippen molar-refractivity contribution in [1.82, 2.24) is 0 Å². The maximum Gasteiger partial charge on any atom is 0.213 e. The van der Waals surface area contributed by atoms with Crippen molar-refractivity contribution in [1.29, 1.82) is 0 Å². The van der Waals surface area contributed by atoms with Crippen molar-refractivity contribution in [3.63, 3.8) is 0 Å². The Bertz CT molecular complexity index is 6090. The Labute approximate surface area is 566 Å². The second-order valence-electron chi connectivity index (χ2n) is 27.3. The number of aryl methyl sites for hydroxylation is 7. The van der Waals surface area contributed by atoms with E-state index in [-0.39, 0.29) is 0 Å². The summed E-state index contributed by atoms with van der Waals surface area (Å²) < 4.78 is 57.5. The fourth-order valence-corrected chi connectivity index (χ4v) is 14.7. The molecule has 0 bridgehead atoms. The molecule has 6 heteroatoms. The number of fused-ring (bicyclic) bond motifs is 12. The van der Waals surface area contributed by atoms with Gasteiger partial charge in [0.05, 0.1) is 0 Å². The van der Waals surface area contributed by atoms with Gasteiger partial charge in [0.15, 0.2) is 16.7 Å². The van der Waals surface area contributed by atoms with E-state index in [4.69, 9.17) is 17.4 Å². The predicted molar refractivity (Wildman–Crippen MR) is 398 cm³/mol. The summed E-state index contributed by atoms with van der Waals surface area (Å²) in [4.78, 5) is 0. The summed E-state index contributed by atoms with van der Waals surface area (Å²) in [5.74, 6) is -0.483. The van der Waals surface area contributed by atoms with Gasteiger partial charge in [-0.2, -0.15) is 13.7 Å². The third-order valence-electron chi connectivity index (χ3n) is 20.2. The minimum absolute atomic E-state index is 0.356. The van der Waals surface area contributed by atoms with Crippen LogP contribution in [-0.4, -0.2) is 0 Å². The number of nitrogens with zero attached hydrogens (tertiary/aromatic N) is 3. The number of furan rings is 3. The summed E-state index contributed by atoms with van der Waals surface area (Å²) in [6.07, 6.45) is 10.3. The maximum atomic E-state index is 9.18. The fourth-order valence-electron chi connectivity index (χ4n) is 14.7. The zero-order chi connectivity index (χ0) is 68.9. The number of hydrogen-bond donors (Lipinski definition) is 0. The van der Waals surface area contributed by atoms with Crippen LogP contribution in [0.1, 0.15) is 78.7 Å². The van der Waals surface area contributed by atoms with Crippen LogP contribution in [0.2, 0.25) is 0 Å². The molecule has 96 heavy (non-hydrogen) atoms. The quantitative estimate of drug-likeness (QED) is 0.156. The topological polar surface area (TPSA) is 51.1 Å². The van der Waals surface area contributed by atoms with E-state index in [0.29, 0.717) is 11.0 Å². The number of pyridine rings is 3. The van der Waals surface area contributed by atoms with Gasteiger partial charge in [0.25, 0.3) is 0 Å². The molecule has 1 aliphatic carbocycles. The zero-order valence-corrected chi connectivity index (χ0v) is 55.6. The van der Waals surface area contributed by atoms with E-state index in [1.807, 2.05) is 42.9 Å². The third-order valence-corrected chi connectivity index (χ3v) is 20.2. The normalized spacial score (nSPS) is 14.4. The summed E-state index contributed by atoms with van der Waals surface area (Å²) in [6.45, 7) is 8.82. The van der Waals surface area contributed by atoms with Crippen molar-refractivity contribution in [2.45, 2.75) is 73.0 Å². The Balaban J connectivity index is 0.000000117. The monoisotopic (exact) mass is 1250 g/mol. The average molecular weight is 1250 g/mol. The SMILES string of the molecule is Cc1ccccc1-c1cc2c(c[n+]1C)oc1cc3cc(-c4ccccc4)ccc3cc12.[2H]C([2H])([2H])c1ccc(-c2cc3c(c[n+]2C)oc2cc4cc(-c5ccccc5)ccc4cc23)c(C)c1.[2H]C1(c2ccc3cc4c(cc3c2)oc2c[n+](C)c(-c3ccccc3C)cc24)CCC(C)(C)CC1. The fraction of sp³-hybridized carbons (Fsp3) is 0.167. The van der Waals surface area contributed by atoms with Gasteiger partial charge in [-0.25, -0.2) is 0 Å². The molecule has 0 amide bonds. The lowest BCUT2D eigenvalue weighted by molar-refractivity contribution is -0.659. The van der Waals surface area contributed by atoms with E-state index in [0.717, 1.165) is 130 Å². The summed E-state index contributed by atoms with van der Waals surface area (Å²) in [5, 5.41) is 13.8. The molecule has 1 fully saturated rings. The number of aromatic nitrogens is 3. The summed E-state index contributed by atoms with van der Waals surface area (Å²) in [7, 11) is 6.15. The van der Waals surface area contributed by atoms with Crippen LogP contribution < -0.4 is 13.7 Å². The standard InChI is InChI=1S/C31H32NO.C30H24NO.C29H22NO/c1-20-7-5-6-8-25(20)28-18-27-26-16-23-10-9-22(21-11-13-31(2,3)14-12-21)15-24(23)17-29(26)33-30(27)19-32(28)4;1-19-9-12-25(20(2)13-19)28-17-27-26-15-23-11-10-22(21-7-5-4-6-8-21)14-24(23)16-29(26)32-30(27)18-31(28)3;1-19-8-6-7-11-24(19)27-17-26-25-15-22-13-12-21(20-9-4-3-5-10-20)14-23(22)16-28(25)31-29(26)18-30(27)2/h5-10,15-19,21H,11-14H2,1-4H3;4-18H,1-3H3;3-18H,1-2H3/q3*+1/i21D;1D3;. The first-order chi connectivity index (χ1) is 48.2. The summed E-state index contributed by atoms with van der Waals surface area (Å²) in [5.41, 5.74) is 22.3. The van der Waals surface area contributed by atoms with Crippen LogP contribution in [0.25, 0.3) is 154 Å². The van der Waals surface area contributed by atoms with Crippen molar-refractivity contribution in [2.75, 3.05) is 0 Å². The van der Waals surface area contributed by atoms with Crippen LogP contribution in [0, 0.1) is 33.0 Å². The van der Waals surface area contributed by atoms with Crippen LogP contribution in [0.5, 0.6) is 0 Å². The van der Waals surface area contributed by atoms with E-state index in [9.17, 15) is 1.37 Å². The molecule has 468 valence electrons. The molecule has 0 aliphatic heterocycles. The van der Waals surface area contributed by atoms with E-state index in [1.54, 1.807) is 12.1 Å². The average Bonchev–Trinajstić information content (AvgIpc) is 1.51. The van der Waals surface area contributed by atoms with Gasteiger partial charge < -0.3 is 13.3 Å². The van der Waals surface area contributed by atoms with Gasteiger partial charge in [-0.3, -0.25) is 0 Å². The maximum absolute atomic E-state index is 9.18. The van der Waals surface area contributed by atoms with Crippen molar-refractivity contribution >= 4 is 98.1 Å². The largest absolute Gasteiger partial charge is 0.450 e. The first-order valence-electron chi connectivity index (χ1n) is 35.4. The van der Waals surface area contributed by atoms with Crippen LogP contribution in [0.15, 0.2) is 268 Å². The second kappa shape index (κ2) is 24.1. The molecule has 1 saturated carbocycles. The van der Waals surface area contributed by atoms with Crippen LogP contribution in [-0.2, 0) is 21.1 Å². The number of rotatable bonds is 6. The molecule has 0 atom stereocenters. The zero-order valence-electron chi connectivity index (χ0n) is 59.6. The summed E-state index contributed by atoms with van der Waals surface area (Å²) >= 11 is 0. The highest BCUT2D eigenvalue weighted by atomic mass is 16.3. The lowest BCUT2D eigenvalue weighted by Crippen LogP contribution is -2.30. The molecule has 6 heterocycles. The molecule has 0 spiro atoms. The van der Waals surface area contributed by atoms with Gasteiger partial charge >= 0.3 is 0 Å². The molecule has 6 aromatic heterocycles. The molecule has 6 nitrogen and oxygen atoms in total. The van der Waals surface area contributed by atoms with Gasteiger partial charge in [0, 0.05) is 72.7 Å². The van der Waals surface area contributed by atoms with Gasteiger partial charge in [-0.15, -0.1) is 0 Å². The van der Waals surface area contributed by atoms with Crippen LogP contribution >= 0.6 is 0 Å². The van der Waals surface area contributed by atoms with Crippen molar-refractivity contribution in [3.05, 3.63) is 283 Å². The minimum atomic E-state index is -2.11. The van der Waals surface area contributed by atoms with Gasteiger partial charge in [0.1, 0.15) is 37.9 Å². The van der Waals surface area contributed by atoms with Gasteiger partial charge in [0.2, 0.25) is 35.7 Å². The second-order valence-corrected chi connectivity index (χ2v) is 27.3. The molecular formula is C90H78N3O3+3. The van der Waals surface area contributed by atoms with Crippen molar-refractivity contribution in [3.8, 4) is 56.0 Å². The molecule has 0 N–H and O–H groups in total. The highest BCUT2D eigenvalue weighted by Crippen LogP contribution is 2.44. The molecule has 0 radical (unpaired) electrons. The Morgan fingerprint density at radius 1 is 0.354 bits per heavy atom. The molecule has 0 saturated heterocycles. The van der Waals surface area contributed by atoms with E-state index >= 15 is 0 Å².